The Morgan fingerprint density at radius 2 is 2.00 bits per heavy atom. The van der Waals surface area contributed by atoms with Gasteiger partial charge >= 0.3 is 0 Å². The highest BCUT2D eigenvalue weighted by molar-refractivity contribution is 6.08. The fourth-order valence-electron chi connectivity index (χ4n) is 5.15. The van der Waals surface area contributed by atoms with E-state index in [1.807, 2.05) is 44.2 Å². The molecule has 4 N–H and O–H groups in total. The Morgan fingerprint density at radius 1 is 1.21 bits per heavy atom. The first kappa shape index (κ1) is 28.3. The normalized spacial score (nSPS) is 19.6. The second kappa shape index (κ2) is 12.9. The van der Waals surface area contributed by atoms with Gasteiger partial charge < -0.3 is 25.7 Å². The molecule has 0 saturated heterocycles. The first-order chi connectivity index (χ1) is 18.8. The van der Waals surface area contributed by atoms with E-state index in [1.54, 1.807) is 6.20 Å². The molecule has 11 heteroatoms. The lowest BCUT2D eigenvalue weighted by Gasteiger charge is -2.30. The van der Waals surface area contributed by atoms with Crippen LogP contribution in [0.4, 0.5) is 10.1 Å². The van der Waals surface area contributed by atoms with Crippen LogP contribution in [-0.2, 0) is 43.3 Å². The first-order valence-corrected chi connectivity index (χ1v) is 13.4. The van der Waals surface area contributed by atoms with Crippen molar-refractivity contribution < 1.29 is 28.3 Å². The van der Waals surface area contributed by atoms with Crippen LogP contribution < -0.4 is 20.9 Å². The van der Waals surface area contributed by atoms with Gasteiger partial charge in [0.15, 0.2) is 0 Å². The number of nitrogens with one attached hydrogen (secondary N) is 4. The molecule has 1 unspecified atom stereocenters. The van der Waals surface area contributed by atoms with Crippen LogP contribution in [0.15, 0.2) is 36.5 Å². The Kier molecular flexibility index (Phi) is 9.34. The number of aromatic amines is 1. The highest BCUT2D eigenvalue weighted by Gasteiger charge is 2.44. The van der Waals surface area contributed by atoms with Crippen molar-refractivity contribution in [3.05, 3.63) is 53.3 Å². The number of hydrogen-bond donors (Lipinski definition) is 4. The lowest BCUT2D eigenvalue weighted by atomic mass is 9.97. The lowest BCUT2D eigenvalue weighted by Crippen LogP contribution is -2.58. The zero-order chi connectivity index (χ0) is 27.9. The summed E-state index contributed by atoms with van der Waals surface area (Å²) in [6, 6.07) is 7.00. The third kappa shape index (κ3) is 6.47. The maximum Gasteiger partial charge on any atom is 0.250 e. The molecule has 1 aromatic carbocycles. The van der Waals surface area contributed by atoms with Crippen molar-refractivity contribution in [3.63, 3.8) is 0 Å². The van der Waals surface area contributed by atoms with E-state index in [9.17, 15) is 23.6 Å². The number of alkyl halides is 1. The van der Waals surface area contributed by atoms with E-state index in [1.165, 1.54) is 4.90 Å². The highest BCUT2D eigenvalue weighted by Crippen LogP contribution is 2.39. The van der Waals surface area contributed by atoms with Gasteiger partial charge in [-0.05, 0) is 42.0 Å². The molecular formula is C28H36FN5O5. The van der Waals surface area contributed by atoms with Crippen molar-refractivity contribution in [1.29, 1.82) is 0 Å². The van der Waals surface area contributed by atoms with Crippen molar-refractivity contribution in [2.75, 3.05) is 24.8 Å². The molecule has 210 valence electrons. The average Bonchev–Trinajstić information content (AvgIpc) is 3.57. The number of amides is 4. The lowest BCUT2D eigenvalue weighted by molar-refractivity contribution is -0.134. The SMILES string of the molecule is CC[C@H](C)[C@H](NC(=O)COCCF)C(=O)NC1CCc2cccc3c2N(C1=O)[C@H](C(=O)NCc1ccc[nH]1)C3. The predicted octanol–water partition coefficient (Wildman–Crippen LogP) is 1.54. The number of para-hydroxylation sites is 1. The first-order valence-electron chi connectivity index (χ1n) is 13.4. The number of aryl methyl sites for hydroxylation is 1. The molecule has 0 spiro atoms. The predicted molar refractivity (Wildman–Crippen MR) is 142 cm³/mol. The monoisotopic (exact) mass is 541 g/mol. The average molecular weight is 542 g/mol. The molecule has 10 nitrogen and oxygen atoms in total. The van der Waals surface area contributed by atoms with Crippen LogP contribution in [0.25, 0.3) is 0 Å². The Morgan fingerprint density at radius 3 is 2.72 bits per heavy atom. The van der Waals surface area contributed by atoms with Gasteiger partial charge in [0.25, 0.3) is 0 Å². The molecule has 0 saturated carbocycles. The van der Waals surface area contributed by atoms with Gasteiger partial charge in [0, 0.05) is 18.3 Å². The molecule has 4 amide bonds. The van der Waals surface area contributed by atoms with Crippen molar-refractivity contribution in [3.8, 4) is 0 Å². The molecule has 39 heavy (non-hydrogen) atoms. The molecule has 2 aliphatic heterocycles. The van der Waals surface area contributed by atoms with E-state index in [4.69, 9.17) is 4.74 Å². The molecule has 3 heterocycles. The van der Waals surface area contributed by atoms with Gasteiger partial charge in [0.05, 0.1) is 18.8 Å². The third-order valence-electron chi connectivity index (χ3n) is 7.41. The number of anilines is 1. The maximum atomic E-state index is 13.9. The number of aromatic nitrogens is 1. The number of H-pyrrole nitrogens is 1. The van der Waals surface area contributed by atoms with E-state index < -0.39 is 36.6 Å². The number of hydrogen-bond acceptors (Lipinski definition) is 5. The van der Waals surface area contributed by atoms with Crippen LogP contribution in [0.1, 0.15) is 43.5 Å². The Bertz CT molecular complexity index is 1190. The maximum absolute atomic E-state index is 13.9. The second-order valence-electron chi connectivity index (χ2n) is 10.0. The minimum Gasteiger partial charge on any atom is -0.369 e. The Balaban J connectivity index is 1.50. The van der Waals surface area contributed by atoms with E-state index in [0.717, 1.165) is 22.5 Å². The van der Waals surface area contributed by atoms with E-state index in [-0.39, 0.29) is 30.9 Å². The Labute approximate surface area is 227 Å². The second-order valence-corrected chi connectivity index (χ2v) is 10.0. The largest absolute Gasteiger partial charge is 0.369 e. The van der Waals surface area contributed by atoms with Crippen LogP contribution in [-0.4, -0.2) is 66.6 Å². The molecule has 4 rings (SSSR count). The van der Waals surface area contributed by atoms with Crippen LogP contribution in [0.3, 0.4) is 0 Å². The van der Waals surface area contributed by atoms with Gasteiger partial charge in [-0.15, -0.1) is 0 Å². The summed E-state index contributed by atoms with van der Waals surface area (Å²) in [5.41, 5.74) is 3.47. The minimum absolute atomic E-state index is 0.206. The quantitative estimate of drug-likeness (QED) is 0.303. The van der Waals surface area contributed by atoms with Crippen LogP contribution in [0.2, 0.25) is 0 Å². The molecule has 0 fully saturated rings. The number of halogens is 1. The molecule has 1 aromatic heterocycles. The zero-order valence-corrected chi connectivity index (χ0v) is 22.3. The summed E-state index contributed by atoms with van der Waals surface area (Å²) in [5, 5.41) is 8.43. The zero-order valence-electron chi connectivity index (χ0n) is 22.3. The van der Waals surface area contributed by atoms with Gasteiger partial charge in [-0.25, -0.2) is 4.39 Å². The van der Waals surface area contributed by atoms with Crippen molar-refractivity contribution in [2.24, 2.45) is 5.92 Å². The molecule has 0 aliphatic carbocycles. The van der Waals surface area contributed by atoms with E-state index in [0.29, 0.717) is 32.2 Å². The summed E-state index contributed by atoms with van der Waals surface area (Å²) in [4.78, 5) is 57.5. The molecule has 0 radical (unpaired) electrons. The number of nitrogens with zero attached hydrogens (tertiary/aromatic N) is 1. The molecule has 2 aromatic rings. The van der Waals surface area contributed by atoms with Crippen molar-refractivity contribution in [2.45, 2.75) is 64.2 Å². The number of benzene rings is 1. The molecule has 0 bridgehead atoms. The van der Waals surface area contributed by atoms with Gasteiger partial charge in [-0.3, -0.25) is 24.1 Å². The van der Waals surface area contributed by atoms with E-state index in [2.05, 4.69) is 20.9 Å². The smallest absolute Gasteiger partial charge is 0.250 e. The van der Waals surface area contributed by atoms with Crippen LogP contribution in [0.5, 0.6) is 0 Å². The highest BCUT2D eigenvalue weighted by atomic mass is 19.1. The topological polar surface area (TPSA) is 133 Å². The minimum atomic E-state index is -0.899. The summed E-state index contributed by atoms with van der Waals surface area (Å²) in [6.45, 7) is 2.75. The Hall–Kier alpha value is -3.73. The van der Waals surface area contributed by atoms with Gasteiger partial charge in [-0.2, -0.15) is 0 Å². The fraction of sp³-hybridized carbons (Fsp3) is 0.500. The summed E-state index contributed by atoms with van der Waals surface area (Å²) in [5.74, 6) is -1.87. The summed E-state index contributed by atoms with van der Waals surface area (Å²) in [6.07, 6.45) is 3.67. The summed E-state index contributed by atoms with van der Waals surface area (Å²) >= 11 is 0. The van der Waals surface area contributed by atoms with Gasteiger partial charge in [0.1, 0.15) is 31.4 Å². The van der Waals surface area contributed by atoms with Gasteiger partial charge in [0.2, 0.25) is 23.6 Å². The van der Waals surface area contributed by atoms with Crippen LogP contribution in [0, 0.1) is 5.92 Å². The number of carbonyl (C=O) groups excluding carboxylic acids is 4. The number of ether oxygens (including phenoxy) is 1. The van der Waals surface area contributed by atoms with Crippen molar-refractivity contribution in [1.82, 2.24) is 20.9 Å². The third-order valence-corrected chi connectivity index (χ3v) is 7.41. The standard InChI is InChI=1S/C28H36FN5O5/c1-3-17(2)24(33-23(35)16-39-13-11-29)27(37)32-21-10-9-18-6-4-7-19-14-22(34(25(18)19)28(21)38)26(36)31-15-20-8-5-12-30-20/h4-8,12,17,21-22,24,30H,3,9-11,13-16H2,1-2H3,(H,31,36)(H,32,37)(H,33,35)/t17-,21?,22-,24-/m0/s1. The molecule has 2 aliphatic rings. The van der Waals surface area contributed by atoms with Gasteiger partial charge in [-0.1, -0.05) is 38.5 Å². The summed E-state index contributed by atoms with van der Waals surface area (Å²) in [7, 11) is 0. The number of rotatable bonds is 12. The molecule has 4 atom stereocenters. The fourth-order valence-corrected chi connectivity index (χ4v) is 5.15. The van der Waals surface area contributed by atoms with E-state index >= 15 is 0 Å². The molecular weight excluding hydrogens is 505 g/mol. The van der Waals surface area contributed by atoms with Crippen LogP contribution >= 0.6 is 0 Å². The summed E-state index contributed by atoms with van der Waals surface area (Å²) < 4.78 is 17.3. The number of carbonyl (C=O) groups is 4. The van der Waals surface area contributed by atoms with Crippen molar-refractivity contribution >= 4 is 29.3 Å².